The monoisotopic (exact) mass is 1600 g/mol. The number of carbonyl (C=O) groups is 4. The van der Waals surface area contributed by atoms with Gasteiger partial charge >= 0.3 is 0 Å². The van der Waals surface area contributed by atoms with Gasteiger partial charge in [-0.2, -0.15) is 50.0 Å². The van der Waals surface area contributed by atoms with Crippen LogP contribution in [0.5, 0.6) is 0 Å². The molecule has 6 aromatic heterocycles. The van der Waals surface area contributed by atoms with Gasteiger partial charge in [-0.05, 0) is 76.1 Å². The molecule has 0 saturated carbocycles. The molecule has 0 aliphatic rings. The molecule has 0 bridgehead atoms. The second-order valence-electron chi connectivity index (χ2n) is 22.8. The molecule has 0 unspecified atom stereocenters. The van der Waals surface area contributed by atoms with E-state index in [0.29, 0.717) is 150 Å². The van der Waals surface area contributed by atoms with Gasteiger partial charge in [0.1, 0.15) is 40.8 Å². The second-order valence-corrected chi connectivity index (χ2v) is 23.8. The zero-order chi connectivity index (χ0) is 81.7. The lowest BCUT2D eigenvalue weighted by molar-refractivity contribution is 0.0959. The predicted molar refractivity (Wildman–Crippen MR) is 445 cm³/mol. The summed E-state index contributed by atoms with van der Waals surface area (Å²) in [6.07, 6.45) is 12.6. The Labute approximate surface area is 672 Å². The number of carbonyl (C=O) groups excluding carboxylic acids is 4. The van der Waals surface area contributed by atoms with Crippen LogP contribution in [-0.4, -0.2) is 159 Å². The molecular formula is C76H97Cl3N30O4. The average molecular weight is 1600 g/mol. The summed E-state index contributed by atoms with van der Waals surface area (Å²) in [4.78, 5) is 133. The number of aliphatic imine (C=N–C) groups is 3. The van der Waals surface area contributed by atoms with Crippen LogP contribution >= 0.6 is 34.8 Å². The highest BCUT2D eigenvalue weighted by Crippen LogP contribution is 2.14. The molecule has 0 radical (unpaired) electrons. The van der Waals surface area contributed by atoms with Crippen LogP contribution in [0.3, 0.4) is 0 Å². The van der Waals surface area contributed by atoms with E-state index in [4.69, 9.17) is 46.5 Å². The molecule has 1 amide bonds. The summed E-state index contributed by atoms with van der Waals surface area (Å²) in [5.41, 5.74) is 13.9. The molecule has 0 aliphatic carbocycles. The van der Waals surface area contributed by atoms with Gasteiger partial charge in [0.15, 0.2) is 34.8 Å². The Hall–Kier alpha value is -12.1. The maximum absolute atomic E-state index is 11.7. The van der Waals surface area contributed by atoms with Crippen LogP contribution in [-0.2, 0) is 58.2 Å². The maximum atomic E-state index is 11.7. The first-order valence-electron chi connectivity index (χ1n) is 35.8. The lowest BCUT2D eigenvalue weighted by atomic mass is 10.1. The van der Waals surface area contributed by atoms with Crippen molar-refractivity contribution in [1.29, 1.82) is 0 Å². The largest absolute Gasteiger partial charge is 0.357 e. The van der Waals surface area contributed by atoms with E-state index in [2.05, 4.69) is 142 Å². The molecule has 10 aromatic rings. The first-order valence-corrected chi connectivity index (χ1v) is 36.9. The van der Waals surface area contributed by atoms with Gasteiger partial charge in [-0.3, -0.25) is 45.0 Å². The highest BCUT2D eigenvalue weighted by atomic mass is 35.5. The highest BCUT2D eigenvalue weighted by Gasteiger charge is 2.11. The van der Waals surface area contributed by atoms with Gasteiger partial charge in [-0.15, -0.1) is 0 Å². The summed E-state index contributed by atoms with van der Waals surface area (Å²) in [6, 6.07) is 29.1. The Morgan fingerprint density at radius 3 is 1.00 bits per heavy atom. The molecule has 10 rings (SSSR count). The van der Waals surface area contributed by atoms with Crippen molar-refractivity contribution in [1.82, 2.24) is 95.0 Å². The standard InChI is InChI=1S/C25H27N7O2.C16H17ClN4O.C16H20N6O.C6H9ClN4.C6H8ClN3.C6H12N6.CH4/c1-4-21(33)19-10-6-17(7-11-19)14-27-16-23-29-22(5-2)30-25(31-23)32-28-15-18-8-12-20(13-9-18)24(34)26-3;1-3-13(22)12-7-5-11(6-8-12)9-18-10-15-19-14(4-2)20-16(17)21-15;1-3-13(23)12-7-5-11(6-8-12)9-18-10-15-19-14(4-2)20-16(21-15)22-17;1-3-4-9-5(7)11-6(8-2)10-4;1-3-5-8-4(2)9-6(7)10-5;1-3-4-9-5(8-2)11-6(10-4)12-7;/h6-15H,4-5,16H2,1-3H3,(H,26,34)(H,29,30,31,32);5-9H,3-4,10H2,1-2H3;5-9H,3-4,10,17H2,1-2H3,(H,19,20,21,22);3H2,1-2H3,(H,8,9,10,11);3H2,1-2H3;3,7H2,1-2H3,(H2,8,9,10,11,12);1H4/b27-14?,28-15+;;;;;;. The van der Waals surface area contributed by atoms with E-state index in [9.17, 15) is 19.2 Å². The van der Waals surface area contributed by atoms with E-state index in [1.165, 1.54) is 0 Å². The fraction of sp³-hybridized carbons (Fsp3) is 0.342. The normalized spacial score (nSPS) is 10.6. The Morgan fingerprint density at radius 2 is 0.628 bits per heavy atom. The van der Waals surface area contributed by atoms with Crippen molar-refractivity contribution in [2.24, 2.45) is 31.8 Å². The summed E-state index contributed by atoms with van der Waals surface area (Å²) in [7, 11) is 5.08. The van der Waals surface area contributed by atoms with Crippen molar-refractivity contribution in [3.8, 4) is 0 Å². The van der Waals surface area contributed by atoms with Gasteiger partial charge in [0.2, 0.25) is 45.6 Å². The lowest BCUT2D eigenvalue weighted by Gasteiger charge is -2.04. The van der Waals surface area contributed by atoms with E-state index in [-0.39, 0.29) is 53.1 Å². The molecule has 0 atom stereocenters. The van der Waals surface area contributed by atoms with Crippen LogP contribution in [0.4, 0.5) is 29.7 Å². The van der Waals surface area contributed by atoms with Crippen molar-refractivity contribution in [2.75, 3.05) is 48.1 Å². The number of rotatable bonds is 29. The predicted octanol–water partition coefficient (Wildman–Crippen LogP) is 11.6. The summed E-state index contributed by atoms with van der Waals surface area (Å²) in [5, 5.41) is 13.1. The summed E-state index contributed by atoms with van der Waals surface area (Å²) < 4.78 is 0. The quantitative estimate of drug-likeness (QED) is 0.00934. The number of halogens is 3. The van der Waals surface area contributed by atoms with Crippen LogP contribution in [0.15, 0.2) is 117 Å². The number of amides is 1. The van der Waals surface area contributed by atoms with Crippen molar-refractivity contribution < 1.29 is 19.2 Å². The summed E-state index contributed by atoms with van der Waals surface area (Å²) in [5.74, 6) is 19.3. The first kappa shape index (κ1) is 93.3. The van der Waals surface area contributed by atoms with Crippen molar-refractivity contribution in [2.45, 2.75) is 154 Å². The van der Waals surface area contributed by atoms with Gasteiger partial charge in [-0.1, -0.05) is 155 Å². The smallest absolute Gasteiger partial charge is 0.251 e. The number of benzene rings is 4. The van der Waals surface area contributed by atoms with E-state index in [0.717, 1.165) is 52.9 Å². The maximum Gasteiger partial charge on any atom is 0.251 e. The number of nitrogens with one attached hydrogen (secondary N) is 6. The third kappa shape index (κ3) is 34.0. The highest BCUT2D eigenvalue weighted by molar-refractivity contribution is 6.28. The van der Waals surface area contributed by atoms with E-state index < -0.39 is 0 Å². The number of nitrogens with zero attached hydrogens (tertiary/aromatic N) is 22. The van der Waals surface area contributed by atoms with Gasteiger partial charge in [0.05, 0.1) is 25.8 Å². The Bertz CT molecular complexity index is 4540. The SMILES string of the molecule is C.CCC(=O)c1ccc(C=NCc2nc(CC)nc(N/N=C/c3ccc(C(=O)NC)cc3)n2)cc1.CCC(=O)c1ccc(C=NCc2nc(CC)nc(NN)n2)cc1.CCC(=O)c1ccc(C=NCc2nc(Cl)nc(CC)n2)cc1.CCc1nc(C)nc(Cl)n1.CCc1nc(Cl)nc(NC)n1.CCc1nc(NC)nc(NN)n1. The molecular weight excluding hydrogens is 1500 g/mol. The van der Waals surface area contributed by atoms with Crippen molar-refractivity contribution >= 4 is 113 Å². The number of Topliss-reactive ketones (excluding diaryl/α,β-unsaturated/α-hetero) is 3. The summed E-state index contributed by atoms with van der Waals surface area (Å²) >= 11 is 17.0. The number of nitrogens with two attached hydrogens (primary N) is 2. The molecule has 0 fully saturated rings. The van der Waals surface area contributed by atoms with Crippen molar-refractivity contribution in [3.63, 3.8) is 0 Å². The first-order chi connectivity index (χ1) is 54.1. The molecule has 0 spiro atoms. The van der Waals surface area contributed by atoms with Crippen molar-refractivity contribution in [3.05, 3.63) is 216 Å². The zero-order valence-corrected chi connectivity index (χ0v) is 67.1. The number of hydrogen-bond acceptors (Lipinski definition) is 33. The van der Waals surface area contributed by atoms with Crippen LogP contribution in [0.25, 0.3) is 0 Å². The molecule has 596 valence electrons. The van der Waals surface area contributed by atoms with Gasteiger partial charge in [-0.25, -0.2) is 62.0 Å². The second kappa shape index (κ2) is 51.4. The molecule has 0 aliphatic heterocycles. The average Bonchev–Trinajstić information content (AvgIpc) is 0.866. The number of nitrogen functional groups attached to an aromatic ring is 2. The van der Waals surface area contributed by atoms with Crippen LogP contribution in [0.2, 0.25) is 15.9 Å². The molecule has 10 N–H and O–H groups in total. The molecule has 4 aromatic carbocycles. The van der Waals surface area contributed by atoms with E-state index in [1.807, 2.05) is 123 Å². The van der Waals surface area contributed by atoms with Gasteiger partial charge in [0.25, 0.3) is 5.91 Å². The molecule has 6 heterocycles. The van der Waals surface area contributed by atoms with Gasteiger partial charge in [0, 0.05) is 120 Å². The number of hydrogen-bond donors (Lipinski definition) is 8. The number of aromatic nitrogens is 18. The molecule has 113 heavy (non-hydrogen) atoms. The lowest BCUT2D eigenvalue weighted by Crippen LogP contribution is -2.17. The van der Waals surface area contributed by atoms with E-state index >= 15 is 0 Å². The number of hydrazone groups is 1. The fourth-order valence-corrected chi connectivity index (χ4v) is 9.45. The number of ketones is 3. The van der Waals surface area contributed by atoms with Crippen LogP contribution in [0, 0.1) is 6.92 Å². The van der Waals surface area contributed by atoms with E-state index in [1.54, 1.807) is 89.3 Å². The number of anilines is 5. The third-order valence-corrected chi connectivity index (χ3v) is 15.2. The summed E-state index contributed by atoms with van der Waals surface area (Å²) in [6.45, 7) is 20.1. The Balaban J connectivity index is 0.000000301. The Morgan fingerprint density at radius 1 is 0.345 bits per heavy atom. The minimum absolute atomic E-state index is 0. The van der Waals surface area contributed by atoms with Gasteiger partial charge < -0.3 is 16.0 Å². The number of hydrazine groups is 2. The van der Waals surface area contributed by atoms with Crippen LogP contribution < -0.4 is 43.9 Å². The minimum Gasteiger partial charge on any atom is -0.357 e. The molecule has 34 nitrogen and oxygen atoms in total. The van der Waals surface area contributed by atoms with Crippen LogP contribution in [0.1, 0.15) is 211 Å². The third-order valence-electron chi connectivity index (χ3n) is 14.7. The number of aryl methyl sites for hydroxylation is 7. The zero-order valence-electron chi connectivity index (χ0n) is 64.8. The molecule has 0 saturated heterocycles. The topological polar surface area (TPSA) is 474 Å². The minimum atomic E-state index is -0.141. The fourth-order valence-electron chi connectivity index (χ4n) is 8.86. The Kier molecular flexibility index (Phi) is 42.4. The molecule has 37 heteroatoms.